The maximum atomic E-state index is 6.24. The van der Waals surface area contributed by atoms with Crippen LogP contribution < -0.4 is 5.73 Å². The number of fused-ring (bicyclic) bond motifs is 1. The van der Waals surface area contributed by atoms with Gasteiger partial charge in [-0.25, -0.2) is 0 Å². The van der Waals surface area contributed by atoms with E-state index in [0.717, 1.165) is 12.3 Å². The number of hydrogen-bond acceptors (Lipinski definition) is 2. The molecular formula is C15H22N2. The molecule has 2 heteroatoms. The van der Waals surface area contributed by atoms with Crippen LogP contribution in [-0.4, -0.2) is 18.0 Å². The molecule has 0 aromatic heterocycles. The van der Waals surface area contributed by atoms with Crippen LogP contribution in [0.15, 0.2) is 24.3 Å². The lowest BCUT2D eigenvalue weighted by molar-refractivity contribution is 0.229. The molecule has 92 valence electrons. The van der Waals surface area contributed by atoms with E-state index in [1.807, 2.05) is 0 Å². The van der Waals surface area contributed by atoms with Gasteiger partial charge in [-0.3, -0.25) is 4.90 Å². The maximum absolute atomic E-state index is 6.24. The molecule has 1 aliphatic heterocycles. The molecule has 3 rings (SSSR count). The first-order valence-electron chi connectivity index (χ1n) is 6.88. The highest BCUT2D eigenvalue weighted by atomic mass is 15.2. The van der Waals surface area contributed by atoms with Gasteiger partial charge in [-0.1, -0.05) is 37.6 Å². The van der Waals surface area contributed by atoms with Crippen molar-refractivity contribution in [2.45, 2.75) is 38.3 Å². The van der Waals surface area contributed by atoms with Crippen molar-refractivity contribution < 1.29 is 0 Å². The molecule has 0 bridgehead atoms. The van der Waals surface area contributed by atoms with Crippen molar-refractivity contribution in [1.29, 1.82) is 0 Å². The largest absolute Gasteiger partial charge is 0.324 e. The van der Waals surface area contributed by atoms with Gasteiger partial charge in [0.15, 0.2) is 0 Å². The highest BCUT2D eigenvalue weighted by molar-refractivity contribution is 5.37. The van der Waals surface area contributed by atoms with Gasteiger partial charge >= 0.3 is 0 Å². The Morgan fingerprint density at radius 2 is 2.06 bits per heavy atom. The second-order valence-electron chi connectivity index (χ2n) is 5.54. The predicted molar refractivity (Wildman–Crippen MR) is 70.7 cm³/mol. The summed E-state index contributed by atoms with van der Waals surface area (Å²) in [7, 11) is 0. The SMILES string of the molecule is CCC1CCN(C2CC(N)c3ccccc32)C1. The van der Waals surface area contributed by atoms with Crippen molar-refractivity contribution in [3.05, 3.63) is 35.4 Å². The Morgan fingerprint density at radius 3 is 2.76 bits per heavy atom. The monoisotopic (exact) mass is 230 g/mol. The number of nitrogens with zero attached hydrogens (tertiary/aromatic N) is 1. The van der Waals surface area contributed by atoms with Crippen LogP contribution in [0.1, 0.15) is 49.4 Å². The molecule has 1 saturated heterocycles. The number of benzene rings is 1. The Hall–Kier alpha value is -0.860. The normalized spacial score (nSPS) is 32.9. The van der Waals surface area contributed by atoms with Crippen molar-refractivity contribution in [1.82, 2.24) is 4.90 Å². The van der Waals surface area contributed by atoms with Crippen LogP contribution in [0.5, 0.6) is 0 Å². The van der Waals surface area contributed by atoms with Crippen LogP contribution in [0.3, 0.4) is 0 Å². The first-order chi connectivity index (χ1) is 8.29. The van der Waals surface area contributed by atoms with Crippen LogP contribution in [0, 0.1) is 5.92 Å². The highest BCUT2D eigenvalue weighted by Crippen LogP contribution is 2.42. The summed E-state index contributed by atoms with van der Waals surface area (Å²) >= 11 is 0. The van der Waals surface area contributed by atoms with Crippen molar-refractivity contribution in [2.75, 3.05) is 13.1 Å². The fraction of sp³-hybridized carbons (Fsp3) is 0.600. The Bertz CT molecular complexity index is 402. The summed E-state index contributed by atoms with van der Waals surface area (Å²) in [5, 5.41) is 0. The molecule has 1 heterocycles. The second-order valence-corrected chi connectivity index (χ2v) is 5.54. The lowest BCUT2D eigenvalue weighted by atomic mass is 10.1. The molecule has 3 atom stereocenters. The molecule has 1 fully saturated rings. The molecule has 3 unspecified atom stereocenters. The molecule has 2 aliphatic rings. The van der Waals surface area contributed by atoms with E-state index in [2.05, 4.69) is 36.1 Å². The lowest BCUT2D eigenvalue weighted by Crippen LogP contribution is -2.25. The summed E-state index contributed by atoms with van der Waals surface area (Å²) in [6.45, 7) is 4.83. The molecule has 0 saturated carbocycles. The van der Waals surface area contributed by atoms with Gasteiger partial charge in [0.05, 0.1) is 0 Å². The van der Waals surface area contributed by atoms with Crippen molar-refractivity contribution >= 4 is 0 Å². The van der Waals surface area contributed by atoms with Gasteiger partial charge in [0.25, 0.3) is 0 Å². The molecule has 2 nitrogen and oxygen atoms in total. The van der Waals surface area contributed by atoms with Crippen molar-refractivity contribution in [3.63, 3.8) is 0 Å². The Labute approximate surface area is 104 Å². The van der Waals surface area contributed by atoms with Crippen LogP contribution in [0.4, 0.5) is 0 Å². The zero-order valence-electron chi connectivity index (χ0n) is 10.6. The standard InChI is InChI=1S/C15H22N2/c1-2-11-7-8-17(10-11)15-9-14(16)12-5-3-4-6-13(12)15/h3-6,11,14-15H,2,7-10,16H2,1H3. The Balaban J connectivity index is 1.82. The third-order valence-corrected chi connectivity index (χ3v) is 4.57. The topological polar surface area (TPSA) is 29.3 Å². The van der Waals surface area contributed by atoms with Gasteiger partial charge in [-0.15, -0.1) is 0 Å². The van der Waals surface area contributed by atoms with E-state index in [-0.39, 0.29) is 6.04 Å². The molecule has 0 spiro atoms. The summed E-state index contributed by atoms with van der Waals surface area (Å²) in [6.07, 6.45) is 3.79. The average Bonchev–Trinajstić information content (AvgIpc) is 2.95. The maximum Gasteiger partial charge on any atom is 0.0369 e. The van der Waals surface area contributed by atoms with Crippen molar-refractivity contribution in [3.8, 4) is 0 Å². The molecule has 1 aliphatic carbocycles. The van der Waals surface area contributed by atoms with Gasteiger partial charge < -0.3 is 5.73 Å². The molecule has 0 radical (unpaired) electrons. The third-order valence-electron chi connectivity index (χ3n) is 4.57. The molecule has 2 N–H and O–H groups in total. The molecule has 17 heavy (non-hydrogen) atoms. The van der Waals surface area contributed by atoms with E-state index in [1.54, 1.807) is 0 Å². The zero-order chi connectivity index (χ0) is 11.8. The van der Waals surface area contributed by atoms with Crippen LogP contribution in [0.25, 0.3) is 0 Å². The Morgan fingerprint density at radius 1 is 1.29 bits per heavy atom. The summed E-state index contributed by atoms with van der Waals surface area (Å²) < 4.78 is 0. The van der Waals surface area contributed by atoms with E-state index < -0.39 is 0 Å². The van der Waals surface area contributed by atoms with Gasteiger partial charge in [-0.2, -0.15) is 0 Å². The Kier molecular flexibility index (Phi) is 2.93. The highest BCUT2D eigenvalue weighted by Gasteiger charge is 2.35. The average molecular weight is 230 g/mol. The van der Waals surface area contributed by atoms with Crippen molar-refractivity contribution in [2.24, 2.45) is 11.7 Å². The predicted octanol–water partition coefficient (Wildman–Crippen LogP) is 2.86. The lowest BCUT2D eigenvalue weighted by Gasteiger charge is -2.25. The fourth-order valence-corrected chi connectivity index (χ4v) is 3.47. The van der Waals surface area contributed by atoms with Gasteiger partial charge in [-0.05, 0) is 36.4 Å². The minimum Gasteiger partial charge on any atom is -0.324 e. The minimum atomic E-state index is 0.247. The van der Waals surface area contributed by atoms with Crippen LogP contribution in [-0.2, 0) is 0 Å². The second kappa shape index (κ2) is 4.43. The molecule has 1 aromatic rings. The summed E-state index contributed by atoms with van der Waals surface area (Å²) in [5.41, 5.74) is 9.10. The first kappa shape index (κ1) is 11.2. The van der Waals surface area contributed by atoms with E-state index in [0.29, 0.717) is 6.04 Å². The quantitative estimate of drug-likeness (QED) is 0.846. The third kappa shape index (κ3) is 1.90. The number of rotatable bonds is 2. The summed E-state index contributed by atoms with van der Waals surface area (Å²) in [4.78, 5) is 2.65. The number of likely N-dealkylation sites (tertiary alicyclic amines) is 1. The van der Waals surface area contributed by atoms with E-state index in [4.69, 9.17) is 5.73 Å². The van der Waals surface area contributed by atoms with Gasteiger partial charge in [0.1, 0.15) is 0 Å². The van der Waals surface area contributed by atoms with Crippen LogP contribution in [0.2, 0.25) is 0 Å². The number of nitrogens with two attached hydrogens (primary N) is 1. The smallest absolute Gasteiger partial charge is 0.0369 e. The molecule has 0 amide bonds. The number of hydrogen-bond donors (Lipinski definition) is 1. The summed E-state index contributed by atoms with van der Waals surface area (Å²) in [5.74, 6) is 0.902. The van der Waals surface area contributed by atoms with Gasteiger partial charge in [0.2, 0.25) is 0 Å². The zero-order valence-corrected chi connectivity index (χ0v) is 10.6. The van der Waals surface area contributed by atoms with E-state index >= 15 is 0 Å². The fourth-order valence-electron chi connectivity index (χ4n) is 3.47. The van der Waals surface area contributed by atoms with Crippen LogP contribution >= 0.6 is 0 Å². The molecule has 1 aromatic carbocycles. The molecular weight excluding hydrogens is 208 g/mol. The van der Waals surface area contributed by atoms with E-state index in [9.17, 15) is 0 Å². The van der Waals surface area contributed by atoms with Gasteiger partial charge in [0, 0.05) is 18.6 Å². The summed E-state index contributed by atoms with van der Waals surface area (Å²) in [6, 6.07) is 9.56. The van der Waals surface area contributed by atoms with E-state index in [1.165, 1.54) is 37.1 Å². The minimum absolute atomic E-state index is 0.247. The first-order valence-corrected chi connectivity index (χ1v) is 6.88.